The predicted molar refractivity (Wildman–Crippen MR) is 69.1 cm³/mol. The van der Waals surface area contributed by atoms with E-state index in [0.717, 1.165) is 19.3 Å². The molecule has 1 saturated carbocycles. The van der Waals surface area contributed by atoms with Gasteiger partial charge in [0.1, 0.15) is 12.6 Å². The van der Waals surface area contributed by atoms with Crippen LogP contribution in [-0.4, -0.2) is 65.7 Å². The number of carbonyl (C=O) groups is 3. The number of hydrogen-bond donors (Lipinski definition) is 1. The molecule has 0 radical (unpaired) electrons. The zero-order chi connectivity index (χ0) is 14.7. The fourth-order valence-electron chi connectivity index (χ4n) is 2.54. The number of esters is 1. The summed E-state index contributed by atoms with van der Waals surface area (Å²) < 4.78 is 4.70. The van der Waals surface area contributed by atoms with Crippen LogP contribution in [0.5, 0.6) is 0 Å². The van der Waals surface area contributed by atoms with Crippen LogP contribution in [0.3, 0.4) is 0 Å². The average molecular weight is 284 g/mol. The molecule has 7 heteroatoms. The van der Waals surface area contributed by atoms with Crippen molar-refractivity contribution < 1.29 is 24.2 Å². The molecular weight excluding hydrogens is 264 g/mol. The van der Waals surface area contributed by atoms with E-state index < -0.39 is 18.0 Å². The SMILES string of the molecule is COC(=O)C1CCCN1C(=O)N(CC(=O)O)CC1CC1. The number of nitrogens with zero attached hydrogens (tertiary/aromatic N) is 2. The zero-order valence-corrected chi connectivity index (χ0v) is 11.6. The molecule has 1 atom stereocenters. The second-order valence-corrected chi connectivity index (χ2v) is 5.37. The van der Waals surface area contributed by atoms with Crippen LogP contribution in [0.15, 0.2) is 0 Å². The Morgan fingerprint density at radius 1 is 1.30 bits per heavy atom. The van der Waals surface area contributed by atoms with Crippen molar-refractivity contribution in [2.45, 2.75) is 31.7 Å². The van der Waals surface area contributed by atoms with E-state index in [-0.39, 0.29) is 12.6 Å². The number of ether oxygens (including phenoxy) is 1. The summed E-state index contributed by atoms with van der Waals surface area (Å²) in [5.74, 6) is -1.07. The normalized spacial score (nSPS) is 21.6. The van der Waals surface area contributed by atoms with Crippen molar-refractivity contribution in [3.05, 3.63) is 0 Å². The molecule has 0 aromatic carbocycles. The number of carbonyl (C=O) groups excluding carboxylic acids is 2. The van der Waals surface area contributed by atoms with Gasteiger partial charge in [-0.15, -0.1) is 0 Å². The van der Waals surface area contributed by atoms with Gasteiger partial charge in [-0.2, -0.15) is 0 Å². The first-order chi connectivity index (χ1) is 9.52. The first kappa shape index (κ1) is 14.6. The van der Waals surface area contributed by atoms with Crippen LogP contribution in [0.1, 0.15) is 25.7 Å². The number of urea groups is 1. The highest BCUT2D eigenvalue weighted by Crippen LogP contribution is 2.30. The van der Waals surface area contributed by atoms with Gasteiger partial charge < -0.3 is 19.6 Å². The molecule has 112 valence electrons. The fraction of sp³-hybridized carbons (Fsp3) is 0.769. The van der Waals surface area contributed by atoms with Gasteiger partial charge in [-0.1, -0.05) is 0 Å². The molecule has 0 spiro atoms. The summed E-state index contributed by atoms with van der Waals surface area (Å²) in [7, 11) is 1.29. The van der Waals surface area contributed by atoms with Gasteiger partial charge in [-0.05, 0) is 31.6 Å². The van der Waals surface area contributed by atoms with Crippen molar-refractivity contribution in [1.29, 1.82) is 0 Å². The van der Waals surface area contributed by atoms with E-state index in [0.29, 0.717) is 25.4 Å². The van der Waals surface area contributed by atoms with E-state index in [1.807, 2.05) is 0 Å². The van der Waals surface area contributed by atoms with Crippen LogP contribution in [0.4, 0.5) is 4.79 Å². The molecule has 7 nitrogen and oxygen atoms in total. The Kier molecular flexibility index (Phi) is 4.46. The minimum atomic E-state index is -1.03. The summed E-state index contributed by atoms with van der Waals surface area (Å²) in [4.78, 5) is 37.8. The summed E-state index contributed by atoms with van der Waals surface area (Å²) >= 11 is 0. The average Bonchev–Trinajstić information content (AvgIpc) is 3.09. The number of amides is 2. The summed E-state index contributed by atoms with van der Waals surface area (Å²) in [6.07, 6.45) is 3.37. The highest BCUT2D eigenvalue weighted by atomic mass is 16.5. The predicted octanol–water partition coefficient (Wildman–Crippen LogP) is 0.540. The molecule has 1 aliphatic carbocycles. The number of likely N-dealkylation sites (tertiary alicyclic amines) is 1. The quantitative estimate of drug-likeness (QED) is 0.745. The Bertz CT molecular complexity index is 408. The summed E-state index contributed by atoms with van der Waals surface area (Å²) in [6.45, 7) is 0.606. The molecule has 1 unspecified atom stereocenters. The lowest BCUT2D eigenvalue weighted by Gasteiger charge is -2.29. The Hall–Kier alpha value is -1.79. The Morgan fingerprint density at radius 2 is 2.00 bits per heavy atom. The summed E-state index contributed by atoms with van der Waals surface area (Å²) in [5.41, 5.74) is 0. The lowest BCUT2D eigenvalue weighted by atomic mass is 10.2. The van der Waals surface area contributed by atoms with Crippen LogP contribution in [0, 0.1) is 5.92 Å². The van der Waals surface area contributed by atoms with Crippen LogP contribution < -0.4 is 0 Å². The van der Waals surface area contributed by atoms with Crippen LogP contribution in [0.2, 0.25) is 0 Å². The molecule has 0 aromatic heterocycles. The van der Waals surface area contributed by atoms with E-state index in [1.54, 1.807) is 0 Å². The third-order valence-corrected chi connectivity index (χ3v) is 3.74. The monoisotopic (exact) mass is 284 g/mol. The Balaban J connectivity index is 2.04. The zero-order valence-electron chi connectivity index (χ0n) is 11.6. The summed E-state index contributed by atoms with van der Waals surface area (Å²) in [5, 5.41) is 8.93. The molecule has 20 heavy (non-hydrogen) atoms. The highest BCUT2D eigenvalue weighted by molar-refractivity contribution is 5.86. The molecule has 2 fully saturated rings. The molecule has 1 heterocycles. The van der Waals surface area contributed by atoms with E-state index in [2.05, 4.69) is 0 Å². The van der Waals surface area contributed by atoms with Gasteiger partial charge in [0.15, 0.2) is 0 Å². The molecule has 1 saturated heterocycles. The second-order valence-electron chi connectivity index (χ2n) is 5.37. The largest absolute Gasteiger partial charge is 0.480 e. The van der Waals surface area contributed by atoms with Crippen molar-refractivity contribution in [2.75, 3.05) is 26.7 Å². The van der Waals surface area contributed by atoms with Gasteiger partial charge in [0, 0.05) is 13.1 Å². The maximum atomic E-state index is 12.5. The minimum Gasteiger partial charge on any atom is -0.480 e. The van der Waals surface area contributed by atoms with Gasteiger partial charge in [0.2, 0.25) is 0 Å². The van der Waals surface area contributed by atoms with Gasteiger partial charge in [-0.3, -0.25) is 4.79 Å². The number of rotatable bonds is 5. The van der Waals surface area contributed by atoms with Crippen LogP contribution >= 0.6 is 0 Å². The van der Waals surface area contributed by atoms with Crippen molar-refractivity contribution in [1.82, 2.24) is 9.80 Å². The Morgan fingerprint density at radius 3 is 2.55 bits per heavy atom. The lowest BCUT2D eigenvalue weighted by Crippen LogP contribution is -2.50. The number of carboxylic acids is 1. The van der Waals surface area contributed by atoms with Gasteiger partial charge >= 0.3 is 18.0 Å². The standard InChI is InChI=1S/C13H20N2O5/c1-20-12(18)10-3-2-6-15(10)13(19)14(8-11(16)17)7-9-4-5-9/h9-10H,2-8H2,1H3,(H,16,17). The highest BCUT2D eigenvalue weighted by Gasteiger charge is 2.38. The summed E-state index contributed by atoms with van der Waals surface area (Å²) in [6, 6.07) is -0.949. The Labute approximate surface area is 117 Å². The number of hydrogen-bond acceptors (Lipinski definition) is 4. The van der Waals surface area contributed by atoms with E-state index in [4.69, 9.17) is 9.84 Å². The topological polar surface area (TPSA) is 87.2 Å². The molecule has 1 N–H and O–H groups in total. The molecule has 2 rings (SSSR count). The van der Waals surface area contributed by atoms with Crippen molar-refractivity contribution in [3.8, 4) is 0 Å². The maximum absolute atomic E-state index is 12.5. The smallest absolute Gasteiger partial charge is 0.328 e. The third-order valence-electron chi connectivity index (χ3n) is 3.74. The first-order valence-electron chi connectivity index (χ1n) is 6.88. The molecule has 0 aromatic rings. The third kappa shape index (κ3) is 3.40. The van der Waals surface area contributed by atoms with Gasteiger partial charge in [0.25, 0.3) is 0 Å². The van der Waals surface area contributed by atoms with E-state index in [1.165, 1.54) is 16.9 Å². The first-order valence-corrected chi connectivity index (χ1v) is 6.88. The van der Waals surface area contributed by atoms with Crippen LogP contribution in [-0.2, 0) is 14.3 Å². The van der Waals surface area contributed by atoms with E-state index >= 15 is 0 Å². The van der Waals surface area contributed by atoms with Gasteiger partial charge in [-0.25, -0.2) is 9.59 Å². The fourth-order valence-corrected chi connectivity index (χ4v) is 2.54. The molecule has 2 amide bonds. The molecular formula is C13H20N2O5. The van der Waals surface area contributed by atoms with E-state index in [9.17, 15) is 14.4 Å². The number of methoxy groups -OCH3 is 1. The lowest BCUT2D eigenvalue weighted by molar-refractivity contribution is -0.145. The van der Waals surface area contributed by atoms with Crippen LogP contribution in [0.25, 0.3) is 0 Å². The van der Waals surface area contributed by atoms with Crippen molar-refractivity contribution >= 4 is 18.0 Å². The van der Waals surface area contributed by atoms with Crippen molar-refractivity contribution in [3.63, 3.8) is 0 Å². The van der Waals surface area contributed by atoms with Gasteiger partial charge in [0.05, 0.1) is 7.11 Å². The molecule has 2 aliphatic rings. The number of aliphatic carboxylic acids is 1. The van der Waals surface area contributed by atoms with Crippen molar-refractivity contribution in [2.24, 2.45) is 5.92 Å². The second kappa shape index (κ2) is 6.11. The number of carboxylic acid groups (broad SMARTS) is 1. The molecule has 0 bridgehead atoms. The minimum absolute atomic E-state index is 0.320. The molecule has 1 aliphatic heterocycles. The maximum Gasteiger partial charge on any atom is 0.328 e.